The predicted octanol–water partition coefficient (Wildman–Crippen LogP) is 0.289. The Morgan fingerprint density at radius 3 is 2.44 bits per heavy atom. The van der Waals surface area contributed by atoms with Crippen molar-refractivity contribution in [3.63, 3.8) is 0 Å². The highest BCUT2D eigenvalue weighted by Gasteiger charge is 2.12. The number of nitrogens with zero attached hydrogens (tertiary/aromatic N) is 1. The van der Waals surface area contributed by atoms with Gasteiger partial charge in [0.25, 0.3) is 5.56 Å². The fourth-order valence-corrected chi connectivity index (χ4v) is 1.64. The summed E-state index contributed by atoms with van der Waals surface area (Å²) in [5, 5.41) is 2.61. The lowest BCUT2D eigenvalue weighted by molar-refractivity contribution is 0.627. The molecular weight excluding hydrogens is 239 g/mol. The maximum atomic E-state index is 12.8. The topological polar surface area (TPSA) is 92.9 Å². The molecule has 0 amide bonds. The van der Waals surface area contributed by atoms with Crippen molar-refractivity contribution in [2.24, 2.45) is 0 Å². The summed E-state index contributed by atoms with van der Waals surface area (Å²) in [7, 11) is 1.51. The summed E-state index contributed by atoms with van der Waals surface area (Å²) < 4.78 is 13.9. The van der Waals surface area contributed by atoms with Crippen LogP contribution in [-0.4, -0.2) is 16.6 Å². The maximum Gasteiger partial charge on any atom is 0.334 e. The molecule has 0 saturated carbocycles. The monoisotopic (exact) mass is 250 g/mol. The van der Waals surface area contributed by atoms with Crippen molar-refractivity contribution >= 4 is 11.5 Å². The Bertz CT molecular complexity index is 688. The Labute approximate surface area is 101 Å². The lowest BCUT2D eigenvalue weighted by Crippen LogP contribution is -2.32. The van der Waals surface area contributed by atoms with Gasteiger partial charge in [-0.1, -0.05) is 0 Å². The highest BCUT2D eigenvalue weighted by Crippen LogP contribution is 2.15. The molecule has 0 radical (unpaired) electrons. The Morgan fingerprint density at radius 2 is 1.89 bits per heavy atom. The molecule has 2 aromatic rings. The molecule has 2 rings (SSSR count). The summed E-state index contributed by atoms with van der Waals surface area (Å²) in [6, 6.07) is 5.19. The van der Waals surface area contributed by atoms with E-state index in [4.69, 9.17) is 5.73 Å². The fourth-order valence-electron chi connectivity index (χ4n) is 1.64. The molecule has 0 unspecified atom stereocenters. The van der Waals surface area contributed by atoms with Gasteiger partial charge in [-0.15, -0.1) is 0 Å². The quantitative estimate of drug-likeness (QED) is 0.714. The Kier molecular flexibility index (Phi) is 2.88. The normalized spacial score (nSPS) is 10.3. The number of nitrogens with two attached hydrogens (primary N) is 1. The summed E-state index contributed by atoms with van der Waals surface area (Å²) in [5.41, 5.74) is 4.93. The number of nitrogen functional groups attached to an aromatic ring is 1. The molecule has 0 aliphatic rings. The average Bonchev–Trinajstić information content (AvgIpc) is 2.31. The Hall–Kier alpha value is -2.57. The molecule has 0 aliphatic carbocycles. The zero-order valence-electron chi connectivity index (χ0n) is 9.53. The van der Waals surface area contributed by atoms with E-state index in [0.29, 0.717) is 5.69 Å². The van der Waals surface area contributed by atoms with Crippen LogP contribution >= 0.6 is 0 Å². The fraction of sp³-hybridized carbons (Fsp3) is 0.0909. The van der Waals surface area contributed by atoms with Gasteiger partial charge in [0.1, 0.15) is 17.3 Å². The lowest BCUT2D eigenvalue weighted by Gasteiger charge is -2.11. The number of hydrogen-bond donors (Lipinski definition) is 3. The molecule has 0 saturated heterocycles. The van der Waals surface area contributed by atoms with E-state index in [1.54, 1.807) is 0 Å². The van der Waals surface area contributed by atoms with E-state index >= 15 is 0 Å². The number of aromatic nitrogens is 2. The number of nitrogens with one attached hydrogen (secondary N) is 2. The van der Waals surface area contributed by atoms with Crippen LogP contribution in [0.25, 0.3) is 5.69 Å². The van der Waals surface area contributed by atoms with Crippen molar-refractivity contribution in [1.29, 1.82) is 0 Å². The summed E-state index contributed by atoms with van der Waals surface area (Å²) in [6.45, 7) is 0. The van der Waals surface area contributed by atoms with E-state index in [2.05, 4.69) is 10.3 Å². The second kappa shape index (κ2) is 4.36. The third kappa shape index (κ3) is 1.86. The highest BCUT2D eigenvalue weighted by atomic mass is 19.1. The van der Waals surface area contributed by atoms with Gasteiger partial charge in [0.2, 0.25) is 0 Å². The molecule has 0 spiro atoms. The van der Waals surface area contributed by atoms with E-state index in [-0.39, 0.29) is 11.5 Å². The first-order valence-electron chi connectivity index (χ1n) is 5.13. The number of hydrogen-bond acceptors (Lipinski definition) is 4. The van der Waals surface area contributed by atoms with Gasteiger partial charge in [0.15, 0.2) is 0 Å². The van der Waals surface area contributed by atoms with Crippen molar-refractivity contribution in [3.8, 4) is 5.69 Å². The number of aromatic amines is 1. The second-order valence-corrected chi connectivity index (χ2v) is 3.58. The van der Waals surface area contributed by atoms with Crippen LogP contribution in [0.1, 0.15) is 0 Å². The Morgan fingerprint density at radius 1 is 1.28 bits per heavy atom. The predicted molar refractivity (Wildman–Crippen MR) is 66.6 cm³/mol. The zero-order valence-corrected chi connectivity index (χ0v) is 9.53. The van der Waals surface area contributed by atoms with Crippen LogP contribution < -0.4 is 22.3 Å². The number of halogens is 1. The van der Waals surface area contributed by atoms with E-state index < -0.39 is 17.1 Å². The van der Waals surface area contributed by atoms with Crippen LogP contribution in [0.3, 0.4) is 0 Å². The smallest absolute Gasteiger partial charge is 0.334 e. The minimum Gasteiger partial charge on any atom is -0.383 e. The third-order valence-corrected chi connectivity index (χ3v) is 2.48. The van der Waals surface area contributed by atoms with Crippen molar-refractivity contribution < 1.29 is 4.39 Å². The number of rotatable bonds is 2. The summed E-state index contributed by atoms with van der Waals surface area (Å²) in [6.07, 6.45) is 0. The van der Waals surface area contributed by atoms with E-state index in [0.717, 1.165) is 4.57 Å². The van der Waals surface area contributed by atoms with E-state index in [1.807, 2.05) is 0 Å². The zero-order chi connectivity index (χ0) is 13.3. The van der Waals surface area contributed by atoms with Crippen LogP contribution in [0.4, 0.5) is 15.9 Å². The standard InChI is InChI=1S/C11H11FN4O2/c1-14-8-9(13)16(11(18)15-10(8)17)7-4-2-6(12)3-5-7/h2-5,14H,13H2,1H3,(H,15,17,18). The molecule has 0 fully saturated rings. The minimum atomic E-state index is -0.678. The van der Waals surface area contributed by atoms with E-state index in [1.165, 1.54) is 31.3 Å². The SMILES string of the molecule is CNc1c(N)n(-c2ccc(F)cc2)c(=O)[nH]c1=O. The molecule has 0 aliphatic heterocycles. The van der Waals surface area contributed by atoms with Crippen molar-refractivity contribution in [2.45, 2.75) is 0 Å². The van der Waals surface area contributed by atoms with Crippen molar-refractivity contribution in [2.75, 3.05) is 18.1 Å². The second-order valence-electron chi connectivity index (χ2n) is 3.58. The lowest BCUT2D eigenvalue weighted by atomic mass is 10.3. The van der Waals surface area contributed by atoms with Gasteiger partial charge >= 0.3 is 5.69 Å². The van der Waals surface area contributed by atoms with Crippen LogP contribution in [0.15, 0.2) is 33.9 Å². The molecule has 0 atom stereocenters. The average molecular weight is 250 g/mol. The first kappa shape index (κ1) is 11.9. The van der Waals surface area contributed by atoms with Gasteiger partial charge in [-0.3, -0.25) is 9.78 Å². The molecule has 94 valence electrons. The maximum absolute atomic E-state index is 12.8. The molecule has 1 heterocycles. The molecule has 1 aromatic heterocycles. The number of benzene rings is 1. The molecular formula is C11H11FN4O2. The molecule has 6 nitrogen and oxygen atoms in total. The summed E-state index contributed by atoms with van der Waals surface area (Å²) in [5.74, 6) is -0.457. The highest BCUT2D eigenvalue weighted by molar-refractivity contribution is 5.62. The molecule has 1 aromatic carbocycles. The largest absolute Gasteiger partial charge is 0.383 e. The van der Waals surface area contributed by atoms with Gasteiger partial charge in [-0.2, -0.15) is 0 Å². The molecule has 0 bridgehead atoms. The van der Waals surface area contributed by atoms with Gasteiger partial charge < -0.3 is 11.1 Å². The molecule has 18 heavy (non-hydrogen) atoms. The Balaban J connectivity index is 2.75. The number of anilines is 2. The van der Waals surface area contributed by atoms with Crippen molar-refractivity contribution in [3.05, 3.63) is 50.9 Å². The van der Waals surface area contributed by atoms with Gasteiger partial charge in [-0.05, 0) is 24.3 Å². The van der Waals surface area contributed by atoms with Gasteiger partial charge in [0.05, 0.1) is 5.69 Å². The first-order chi connectivity index (χ1) is 8.54. The summed E-state index contributed by atoms with van der Waals surface area (Å²) >= 11 is 0. The summed E-state index contributed by atoms with van der Waals surface area (Å²) in [4.78, 5) is 25.3. The van der Waals surface area contributed by atoms with Crippen LogP contribution in [0, 0.1) is 5.82 Å². The van der Waals surface area contributed by atoms with Crippen LogP contribution in [0.2, 0.25) is 0 Å². The third-order valence-electron chi connectivity index (χ3n) is 2.48. The first-order valence-corrected chi connectivity index (χ1v) is 5.13. The molecule has 4 N–H and O–H groups in total. The van der Waals surface area contributed by atoms with Crippen LogP contribution in [0.5, 0.6) is 0 Å². The van der Waals surface area contributed by atoms with Crippen molar-refractivity contribution in [1.82, 2.24) is 9.55 Å². The van der Waals surface area contributed by atoms with Crippen LogP contribution in [-0.2, 0) is 0 Å². The van der Waals surface area contributed by atoms with Gasteiger partial charge in [0, 0.05) is 7.05 Å². The van der Waals surface area contributed by atoms with E-state index in [9.17, 15) is 14.0 Å². The number of H-pyrrole nitrogens is 1. The molecule has 7 heteroatoms. The van der Waals surface area contributed by atoms with Gasteiger partial charge in [-0.25, -0.2) is 13.8 Å². The minimum absolute atomic E-state index is 0.0298.